The molecule has 19 heavy (non-hydrogen) atoms. The van der Waals surface area contributed by atoms with Gasteiger partial charge in [0.05, 0.1) is 24.0 Å². The van der Waals surface area contributed by atoms with Gasteiger partial charge in [0.2, 0.25) is 5.91 Å². The Morgan fingerprint density at radius 3 is 2.89 bits per heavy atom. The third-order valence-corrected chi connectivity index (χ3v) is 3.27. The second-order valence-electron chi connectivity index (χ2n) is 4.43. The van der Waals surface area contributed by atoms with Gasteiger partial charge in [0.15, 0.2) is 0 Å². The zero-order chi connectivity index (χ0) is 14.0. The van der Waals surface area contributed by atoms with Crippen molar-refractivity contribution in [2.45, 2.75) is 6.42 Å². The summed E-state index contributed by atoms with van der Waals surface area (Å²) in [6.07, 6.45) is 2.18. The van der Waals surface area contributed by atoms with Crippen LogP contribution in [0.2, 0.25) is 0 Å². The second-order valence-corrected chi connectivity index (χ2v) is 4.43. The van der Waals surface area contributed by atoms with Crippen LogP contribution in [0.25, 0.3) is 0 Å². The van der Waals surface area contributed by atoms with Crippen LogP contribution in [0.4, 0.5) is 11.4 Å². The Bertz CT molecular complexity index is 539. The minimum Gasteiger partial charge on any atom is -0.465 e. The molecule has 1 heterocycles. The summed E-state index contributed by atoms with van der Waals surface area (Å²) >= 11 is 0. The molecule has 2 N–H and O–H groups in total. The fourth-order valence-corrected chi connectivity index (χ4v) is 2.20. The quantitative estimate of drug-likeness (QED) is 0.509. The molecular formula is C14H16N2O3. The average molecular weight is 260 g/mol. The van der Waals surface area contributed by atoms with Crippen LogP contribution in [0.1, 0.15) is 16.8 Å². The first kappa shape index (κ1) is 13.1. The van der Waals surface area contributed by atoms with Gasteiger partial charge in [-0.15, -0.1) is 6.58 Å². The Balaban J connectivity index is 2.38. The van der Waals surface area contributed by atoms with E-state index in [1.54, 1.807) is 29.2 Å². The molecule has 1 amide bonds. The normalized spacial score (nSPS) is 18.5. The number of amides is 1. The highest BCUT2D eigenvalue weighted by atomic mass is 16.5. The van der Waals surface area contributed by atoms with E-state index in [4.69, 9.17) is 5.73 Å². The summed E-state index contributed by atoms with van der Waals surface area (Å²) in [5, 5.41) is 0. The third kappa shape index (κ3) is 2.31. The number of hydrogen-bond acceptors (Lipinski definition) is 4. The lowest BCUT2D eigenvalue weighted by molar-refractivity contribution is -0.117. The first-order valence-corrected chi connectivity index (χ1v) is 5.98. The van der Waals surface area contributed by atoms with Gasteiger partial charge < -0.3 is 15.4 Å². The molecule has 0 aliphatic carbocycles. The molecular weight excluding hydrogens is 244 g/mol. The van der Waals surface area contributed by atoms with Gasteiger partial charge in [-0.2, -0.15) is 0 Å². The summed E-state index contributed by atoms with van der Waals surface area (Å²) in [4.78, 5) is 25.1. The van der Waals surface area contributed by atoms with Gasteiger partial charge in [0, 0.05) is 18.9 Å². The topological polar surface area (TPSA) is 72.6 Å². The van der Waals surface area contributed by atoms with Crippen molar-refractivity contribution in [3.05, 3.63) is 36.4 Å². The van der Waals surface area contributed by atoms with Crippen LogP contribution in [0.5, 0.6) is 0 Å². The monoisotopic (exact) mass is 260 g/mol. The van der Waals surface area contributed by atoms with Gasteiger partial charge in [-0.1, -0.05) is 12.1 Å². The zero-order valence-corrected chi connectivity index (χ0v) is 10.8. The Morgan fingerprint density at radius 2 is 2.32 bits per heavy atom. The van der Waals surface area contributed by atoms with Gasteiger partial charge >= 0.3 is 5.97 Å². The molecule has 1 aromatic rings. The highest BCUT2D eigenvalue weighted by molar-refractivity contribution is 6.04. The van der Waals surface area contributed by atoms with Gasteiger partial charge in [-0.3, -0.25) is 4.79 Å². The number of carbonyl (C=O) groups excluding carboxylic acids is 2. The molecule has 2 rings (SSSR count). The minimum absolute atomic E-state index is 0.0152. The molecule has 0 aromatic heterocycles. The molecule has 1 atom stereocenters. The summed E-state index contributed by atoms with van der Waals surface area (Å²) in [7, 11) is 1.29. The molecule has 1 aliphatic heterocycles. The Morgan fingerprint density at radius 1 is 1.58 bits per heavy atom. The molecule has 1 saturated heterocycles. The molecule has 0 spiro atoms. The van der Waals surface area contributed by atoms with Gasteiger partial charge in [-0.25, -0.2) is 4.79 Å². The number of nitrogens with zero attached hydrogens (tertiary/aromatic N) is 1. The number of ether oxygens (including phenoxy) is 1. The van der Waals surface area contributed by atoms with Crippen molar-refractivity contribution in [3.8, 4) is 0 Å². The number of benzene rings is 1. The second kappa shape index (κ2) is 5.14. The smallest absolute Gasteiger partial charge is 0.340 e. The van der Waals surface area contributed by atoms with Crippen molar-refractivity contribution >= 4 is 23.3 Å². The van der Waals surface area contributed by atoms with Crippen LogP contribution in [0.3, 0.4) is 0 Å². The zero-order valence-electron chi connectivity index (χ0n) is 10.8. The number of methoxy groups -OCH3 is 1. The van der Waals surface area contributed by atoms with Crippen LogP contribution in [0, 0.1) is 5.92 Å². The lowest BCUT2D eigenvalue weighted by atomic mass is 10.1. The molecule has 5 heteroatoms. The summed E-state index contributed by atoms with van der Waals surface area (Å²) < 4.78 is 4.67. The van der Waals surface area contributed by atoms with Gasteiger partial charge in [0.25, 0.3) is 0 Å². The Labute approximate surface area is 111 Å². The first-order chi connectivity index (χ1) is 9.08. The van der Waals surface area contributed by atoms with Crippen LogP contribution in [-0.4, -0.2) is 25.5 Å². The molecule has 0 bridgehead atoms. The summed E-state index contributed by atoms with van der Waals surface area (Å²) in [5.74, 6) is -0.404. The van der Waals surface area contributed by atoms with E-state index < -0.39 is 5.97 Å². The van der Waals surface area contributed by atoms with Crippen molar-refractivity contribution in [1.82, 2.24) is 0 Å². The molecule has 1 unspecified atom stereocenters. The van der Waals surface area contributed by atoms with Crippen molar-refractivity contribution in [3.63, 3.8) is 0 Å². The van der Waals surface area contributed by atoms with E-state index in [2.05, 4.69) is 11.3 Å². The number of hydrogen-bond donors (Lipinski definition) is 1. The average Bonchev–Trinajstić information content (AvgIpc) is 2.79. The minimum atomic E-state index is -0.508. The number of rotatable bonds is 3. The largest absolute Gasteiger partial charge is 0.465 e. The maximum atomic E-state index is 12.0. The van der Waals surface area contributed by atoms with E-state index in [1.165, 1.54) is 7.11 Å². The lowest BCUT2D eigenvalue weighted by Gasteiger charge is -2.19. The number of nitrogens with two attached hydrogens (primary N) is 1. The fourth-order valence-electron chi connectivity index (χ4n) is 2.20. The number of esters is 1. The number of anilines is 2. The van der Waals surface area contributed by atoms with Crippen LogP contribution in [-0.2, 0) is 9.53 Å². The number of nitrogen functional groups attached to an aromatic ring is 1. The number of carbonyl (C=O) groups is 2. The standard InChI is InChI=1S/C14H16N2O3/c1-3-9-7-12(17)16(8-9)11-6-4-5-10(13(11)15)14(18)19-2/h3-6,9H,1,7-8,15H2,2H3. The van der Waals surface area contributed by atoms with E-state index in [1.807, 2.05) is 0 Å². The van der Waals surface area contributed by atoms with E-state index in [0.29, 0.717) is 18.7 Å². The molecule has 0 radical (unpaired) electrons. The van der Waals surface area contributed by atoms with Gasteiger partial charge in [0.1, 0.15) is 0 Å². The van der Waals surface area contributed by atoms with E-state index in [-0.39, 0.29) is 23.1 Å². The maximum absolute atomic E-state index is 12.0. The third-order valence-electron chi connectivity index (χ3n) is 3.27. The highest BCUT2D eigenvalue weighted by Gasteiger charge is 2.30. The highest BCUT2D eigenvalue weighted by Crippen LogP contribution is 2.32. The Hall–Kier alpha value is -2.30. The SMILES string of the molecule is C=CC1CC(=O)N(c2cccc(C(=O)OC)c2N)C1. The molecule has 1 aliphatic rings. The van der Waals surface area contributed by atoms with Crippen molar-refractivity contribution in [2.24, 2.45) is 5.92 Å². The van der Waals surface area contributed by atoms with Crippen LogP contribution in [0.15, 0.2) is 30.9 Å². The van der Waals surface area contributed by atoms with Crippen molar-refractivity contribution in [1.29, 1.82) is 0 Å². The summed E-state index contributed by atoms with van der Waals surface area (Å²) in [5.41, 5.74) is 7.06. The summed E-state index contributed by atoms with van der Waals surface area (Å²) in [6.45, 7) is 4.24. The van der Waals surface area contributed by atoms with E-state index in [0.717, 1.165) is 0 Å². The van der Waals surface area contributed by atoms with E-state index >= 15 is 0 Å². The molecule has 1 aromatic carbocycles. The molecule has 1 fully saturated rings. The molecule has 100 valence electrons. The fraction of sp³-hybridized carbons (Fsp3) is 0.286. The van der Waals surface area contributed by atoms with Crippen molar-refractivity contribution < 1.29 is 14.3 Å². The Kier molecular flexibility index (Phi) is 3.55. The summed E-state index contributed by atoms with van der Waals surface area (Å²) in [6, 6.07) is 4.99. The van der Waals surface area contributed by atoms with Crippen LogP contribution >= 0.6 is 0 Å². The molecule has 5 nitrogen and oxygen atoms in total. The van der Waals surface area contributed by atoms with E-state index in [9.17, 15) is 9.59 Å². The first-order valence-electron chi connectivity index (χ1n) is 5.98. The maximum Gasteiger partial charge on any atom is 0.340 e. The predicted octanol–water partition coefficient (Wildman–Crippen LogP) is 1.59. The van der Waals surface area contributed by atoms with Crippen molar-refractivity contribution in [2.75, 3.05) is 24.3 Å². The molecule has 0 saturated carbocycles. The van der Waals surface area contributed by atoms with Gasteiger partial charge in [-0.05, 0) is 12.1 Å². The van der Waals surface area contributed by atoms with Crippen LogP contribution < -0.4 is 10.6 Å². The lowest BCUT2D eigenvalue weighted by Crippen LogP contribution is -2.26. The number of para-hydroxylation sites is 1. The predicted molar refractivity (Wildman–Crippen MR) is 72.9 cm³/mol.